The molecule has 6 N–H and O–H groups in total. The largest absolute Gasteiger partial charge is 0.493 e. The smallest absolute Gasteiger partial charge is 0.324 e. The number of halogens is 1. The van der Waals surface area contributed by atoms with Crippen molar-refractivity contribution < 1.29 is 14.3 Å². The number of carbonyl (C=O) groups is 2. The number of rotatable bonds is 10. The maximum absolute atomic E-state index is 12.6. The van der Waals surface area contributed by atoms with Crippen molar-refractivity contribution in [3.8, 4) is 5.75 Å². The summed E-state index contributed by atoms with van der Waals surface area (Å²) in [5, 5.41) is 16.9. The molecule has 1 aliphatic rings. The van der Waals surface area contributed by atoms with Crippen molar-refractivity contribution in [3.05, 3.63) is 64.9 Å². The van der Waals surface area contributed by atoms with Crippen LogP contribution in [-0.4, -0.2) is 83.3 Å². The molecule has 0 saturated carbocycles. The van der Waals surface area contributed by atoms with Gasteiger partial charge in [-0.1, -0.05) is 32.4 Å². The molecule has 0 bridgehead atoms. The van der Waals surface area contributed by atoms with Gasteiger partial charge in [-0.15, -0.1) is 0 Å². The van der Waals surface area contributed by atoms with E-state index < -0.39 is 11.9 Å². The van der Waals surface area contributed by atoms with Crippen LogP contribution in [0.1, 0.15) is 43.2 Å². The van der Waals surface area contributed by atoms with E-state index in [2.05, 4.69) is 48.0 Å². The number of H-pyrrole nitrogens is 1. The van der Waals surface area contributed by atoms with Crippen LogP contribution in [0.3, 0.4) is 0 Å². The van der Waals surface area contributed by atoms with Gasteiger partial charge >= 0.3 is 6.03 Å². The predicted molar refractivity (Wildman–Crippen MR) is 179 cm³/mol. The highest BCUT2D eigenvalue weighted by molar-refractivity contribution is 6.34. The molecule has 0 atom stereocenters. The molecule has 0 radical (unpaired) electrons. The van der Waals surface area contributed by atoms with Gasteiger partial charge in [-0.25, -0.2) is 4.79 Å². The summed E-state index contributed by atoms with van der Waals surface area (Å²) in [7, 11) is 2.14. The molecule has 3 amide bonds. The molecule has 238 valence electrons. The van der Waals surface area contributed by atoms with Crippen LogP contribution in [0.15, 0.2) is 48.7 Å². The molecular formula is C32H40ClN9O3. The first-order valence-electron chi connectivity index (χ1n) is 14.9. The number of urea groups is 1. The van der Waals surface area contributed by atoms with Crippen LogP contribution in [0.4, 0.5) is 27.7 Å². The van der Waals surface area contributed by atoms with Gasteiger partial charge in [-0.3, -0.25) is 20.2 Å². The summed E-state index contributed by atoms with van der Waals surface area (Å²) in [5.41, 5.74) is 9.17. The summed E-state index contributed by atoms with van der Waals surface area (Å²) >= 11 is 6.53. The maximum Gasteiger partial charge on any atom is 0.324 e. The topological polar surface area (TPSA) is 154 Å². The monoisotopic (exact) mass is 633 g/mol. The number of primary amides is 1. The van der Waals surface area contributed by atoms with Gasteiger partial charge in [0.15, 0.2) is 0 Å². The van der Waals surface area contributed by atoms with Crippen LogP contribution in [-0.2, 0) is 5.41 Å². The number of aromatic nitrogens is 3. The number of aromatic amines is 1. The van der Waals surface area contributed by atoms with Crippen LogP contribution < -0.4 is 26.4 Å². The van der Waals surface area contributed by atoms with Crippen molar-refractivity contribution in [2.45, 2.75) is 32.6 Å². The number of nitrogens with zero attached hydrogens (tertiary/aromatic N) is 4. The highest BCUT2D eigenvalue weighted by atomic mass is 35.5. The SMILES string of the molecule is CN1CCN(CCCOc2cc3nccc(Nc4ccc(NC(=O)Nc5cc(C(C)(C)C)n[nH]5)c(Cl)c4)c3cc2C(N)=O)CC1. The molecule has 45 heavy (non-hydrogen) atoms. The van der Waals surface area contributed by atoms with Gasteiger partial charge in [0.25, 0.3) is 5.91 Å². The van der Waals surface area contributed by atoms with E-state index in [-0.39, 0.29) is 11.0 Å². The van der Waals surface area contributed by atoms with E-state index in [1.54, 1.807) is 48.7 Å². The Labute approximate surface area is 267 Å². The first kappa shape index (κ1) is 32.0. The first-order valence-corrected chi connectivity index (χ1v) is 15.3. The number of ether oxygens (including phenoxy) is 1. The van der Waals surface area contributed by atoms with Gasteiger partial charge in [0.05, 0.1) is 34.1 Å². The molecule has 2 aromatic heterocycles. The van der Waals surface area contributed by atoms with E-state index in [4.69, 9.17) is 22.1 Å². The van der Waals surface area contributed by atoms with Gasteiger partial charge < -0.3 is 30.9 Å². The number of hydrogen-bond acceptors (Lipinski definition) is 8. The Morgan fingerprint density at radius 3 is 2.51 bits per heavy atom. The number of fused-ring (bicyclic) bond motifs is 1. The number of likely N-dealkylation sites (N-methyl/N-ethyl adjacent to an activating group) is 1. The minimum Gasteiger partial charge on any atom is -0.493 e. The summed E-state index contributed by atoms with van der Waals surface area (Å²) in [6.45, 7) is 11.7. The van der Waals surface area contributed by atoms with Gasteiger partial charge in [0, 0.05) is 73.2 Å². The Morgan fingerprint density at radius 1 is 1.04 bits per heavy atom. The van der Waals surface area contributed by atoms with Crippen molar-refractivity contribution in [2.24, 2.45) is 5.73 Å². The van der Waals surface area contributed by atoms with Crippen LogP contribution in [0.5, 0.6) is 5.75 Å². The number of benzene rings is 2. The number of anilines is 4. The molecule has 0 unspecified atom stereocenters. The summed E-state index contributed by atoms with van der Waals surface area (Å²) < 4.78 is 6.03. The molecule has 1 fully saturated rings. The zero-order valence-electron chi connectivity index (χ0n) is 26.0. The van der Waals surface area contributed by atoms with E-state index in [1.165, 1.54) is 0 Å². The minimum atomic E-state index is -0.581. The molecule has 1 saturated heterocycles. The van der Waals surface area contributed by atoms with Crippen LogP contribution >= 0.6 is 11.6 Å². The van der Waals surface area contributed by atoms with Crippen molar-refractivity contribution in [3.63, 3.8) is 0 Å². The average Bonchev–Trinajstić information content (AvgIpc) is 3.46. The zero-order valence-corrected chi connectivity index (χ0v) is 26.8. The Kier molecular flexibility index (Phi) is 9.76. The lowest BCUT2D eigenvalue weighted by Crippen LogP contribution is -2.44. The third kappa shape index (κ3) is 8.21. The third-order valence-electron chi connectivity index (χ3n) is 7.67. The number of piperazine rings is 1. The summed E-state index contributed by atoms with van der Waals surface area (Å²) in [6, 6.07) is 11.8. The van der Waals surface area contributed by atoms with Gasteiger partial charge in [-0.05, 0) is 43.8 Å². The van der Waals surface area contributed by atoms with Crippen LogP contribution in [0.2, 0.25) is 5.02 Å². The molecule has 12 nitrogen and oxygen atoms in total. The number of carbonyl (C=O) groups excluding carboxylic acids is 2. The van der Waals surface area contributed by atoms with Crippen molar-refractivity contribution in [1.82, 2.24) is 25.0 Å². The minimum absolute atomic E-state index is 0.152. The maximum atomic E-state index is 12.6. The second kappa shape index (κ2) is 13.7. The molecule has 13 heteroatoms. The second-order valence-electron chi connectivity index (χ2n) is 12.3. The zero-order chi connectivity index (χ0) is 32.1. The van der Waals surface area contributed by atoms with E-state index in [0.29, 0.717) is 51.2 Å². The predicted octanol–water partition coefficient (Wildman–Crippen LogP) is 5.41. The van der Waals surface area contributed by atoms with E-state index in [9.17, 15) is 9.59 Å². The fraction of sp³-hybridized carbons (Fsp3) is 0.375. The number of pyridine rings is 1. The van der Waals surface area contributed by atoms with Crippen molar-refractivity contribution in [2.75, 3.05) is 62.3 Å². The highest BCUT2D eigenvalue weighted by Crippen LogP contribution is 2.33. The second-order valence-corrected chi connectivity index (χ2v) is 12.7. The van der Waals surface area contributed by atoms with Gasteiger partial charge in [0.1, 0.15) is 11.6 Å². The first-order chi connectivity index (χ1) is 21.5. The Balaban J connectivity index is 1.24. The van der Waals surface area contributed by atoms with E-state index in [1.807, 2.05) is 20.8 Å². The fourth-order valence-electron chi connectivity index (χ4n) is 5.03. The fourth-order valence-corrected chi connectivity index (χ4v) is 5.26. The van der Waals surface area contributed by atoms with Gasteiger partial charge in [0.2, 0.25) is 0 Å². The number of amides is 3. The number of nitrogens with two attached hydrogens (primary N) is 1. The molecular weight excluding hydrogens is 594 g/mol. The lowest BCUT2D eigenvalue weighted by molar-refractivity contribution is 0.0996. The molecule has 5 rings (SSSR count). The Hall–Kier alpha value is -4.39. The standard InChI is InChI=1S/C32H40ClN9O3/c1-32(2,3)28-19-29(40-39-28)38-31(44)37-25-7-6-20(16-23(25)33)36-24-8-9-35-26-18-27(22(30(34)43)17-21(24)26)45-15-5-10-42-13-11-41(4)12-14-42/h6-9,16-19H,5,10-15H2,1-4H3,(H2,34,43)(H,35,36)(H3,37,38,39,40,44). The lowest BCUT2D eigenvalue weighted by atomic mass is 9.92. The third-order valence-corrected chi connectivity index (χ3v) is 7.98. The van der Waals surface area contributed by atoms with Crippen LogP contribution in [0.25, 0.3) is 10.9 Å². The molecule has 0 aliphatic carbocycles. The van der Waals surface area contributed by atoms with Crippen molar-refractivity contribution >= 4 is 57.3 Å². The normalized spacial score (nSPS) is 14.3. The van der Waals surface area contributed by atoms with Crippen molar-refractivity contribution in [1.29, 1.82) is 0 Å². The molecule has 1 aliphatic heterocycles. The Bertz CT molecular complexity index is 1680. The van der Waals surface area contributed by atoms with Gasteiger partial charge in [-0.2, -0.15) is 5.10 Å². The number of hydrogen-bond donors (Lipinski definition) is 5. The van der Waals surface area contributed by atoms with E-state index >= 15 is 0 Å². The summed E-state index contributed by atoms with van der Waals surface area (Å²) in [5.74, 6) is 0.313. The Morgan fingerprint density at radius 2 is 1.82 bits per heavy atom. The lowest BCUT2D eigenvalue weighted by Gasteiger charge is -2.32. The summed E-state index contributed by atoms with van der Waals surface area (Å²) in [6.07, 6.45) is 2.51. The molecule has 0 spiro atoms. The van der Waals surface area contributed by atoms with E-state index in [0.717, 1.165) is 44.8 Å². The highest BCUT2D eigenvalue weighted by Gasteiger charge is 2.19. The van der Waals surface area contributed by atoms with Crippen LogP contribution in [0, 0.1) is 0 Å². The average molecular weight is 634 g/mol. The molecule has 2 aromatic carbocycles. The molecule has 3 heterocycles. The summed E-state index contributed by atoms with van der Waals surface area (Å²) in [4.78, 5) is 34.2. The molecule has 4 aromatic rings. The number of nitrogens with one attached hydrogen (secondary N) is 4. The quantitative estimate of drug-likeness (QED) is 0.145.